The van der Waals surface area contributed by atoms with E-state index in [-0.39, 0.29) is 24.4 Å². The smallest absolute Gasteiger partial charge is 0.321 e. The molecule has 2 N–H and O–H groups in total. The minimum atomic E-state index is -0.356. The zero-order valence-electron chi connectivity index (χ0n) is 12.5. The van der Waals surface area contributed by atoms with Crippen molar-refractivity contribution in [1.82, 2.24) is 10.3 Å². The standard InChI is InChI=1S/C15H16N4O3S/c1-22-12-4-2-3-11(8-12)19-9-10(7-13(19)20)17-14(21)18-15-16-5-6-23-15/h2-6,8,10H,7,9H2,1H3,(H2,16,17,18,21)/t10-/m1/s1. The number of methoxy groups -OCH3 is 1. The van der Waals surface area contributed by atoms with E-state index in [1.54, 1.807) is 29.7 Å². The van der Waals surface area contributed by atoms with Crippen molar-refractivity contribution in [2.24, 2.45) is 0 Å². The number of hydrogen-bond acceptors (Lipinski definition) is 5. The number of aromatic nitrogens is 1. The number of ether oxygens (including phenoxy) is 1. The first-order chi connectivity index (χ1) is 11.2. The molecule has 0 saturated carbocycles. The molecule has 120 valence electrons. The Morgan fingerprint density at radius 1 is 1.48 bits per heavy atom. The third-order valence-electron chi connectivity index (χ3n) is 3.48. The summed E-state index contributed by atoms with van der Waals surface area (Å²) < 4.78 is 5.18. The maximum absolute atomic E-state index is 12.2. The lowest BCUT2D eigenvalue weighted by Crippen LogP contribution is -2.39. The van der Waals surface area contributed by atoms with E-state index in [1.165, 1.54) is 11.3 Å². The van der Waals surface area contributed by atoms with Gasteiger partial charge in [-0.3, -0.25) is 10.1 Å². The Kier molecular flexibility index (Phi) is 4.42. The van der Waals surface area contributed by atoms with Gasteiger partial charge in [-0.1, -0.05) is 6.07 Å². The molecule has 0 aliphatic carbocycles. The summed E-state index contributed by atoms with van der Waals surface area (Å²) in [6.07, 6.45) is 1.88. The van der Waals surface area contributed by atoms with E-state index in [0.717, 1.165) is 5.69 Å². The molecule has 8 heteroatoms. The van der Waals surface area contributed by atoms with Gasteiger partial charge < -0.3 is 15.0 Å². The van der Waals surface area contributed by atoms with Crippen molar-refractivity contribution in [2.45, 2.75) is 12.5 Å². The van der Waals surface area contributed by atoms with E-state index in [2.05, 4.69) is 15.6 Å². The highest BCUT2D eigenvalue weighted by Crippen LogP contribution is 2.25. The zero-order chi connectivity index (χ0) is 16.2. The van der Waals surface area contributed by atoms with E-state index < -0.39 is 0 Å². The number of carbonyl (C=O) groups excluding carboxylic acids is 2. The average molecular weight is 332 g/mol. The minimum Gasteiger partial charge on any atom is -0.497 e. The molecule has 2 aromatic rings. The SMILES string of the molecule is COc1cccc(N2C[C@H](NC(=O)Nc3nccs3)CC2=O)c1. The molecule has 2 heterocycles. The van der Waals surface area contributed by atoms with Crippen molar-refractivity contribution in [2.75, 3.05) is 23.9 Å². The molecule has 3 rings (SSSR count). The van der Waals surface area contributed by atoms with Gasteiger partial charge in [0, 0.05) is 36.3 Å². The second kappa shape index (κ2) is 6.66. The van der Waals surface area contributed by atoms with E-state index >= 15 is 0 Å². The highest BCUT2D eigenvalue weighted by atomic mass is 32.1. The zero-order valence-corrected chi connectivity index (χ0v) is 13.3. The van der Waals surface area contributed by atoms with E-state index in [4.69, 9.17) is 4.74 Å². The lowest BCUT2D eigenvalue weighted by atomic mass is 10.2. The van der Waals surface area contributed by atoms with Crippen LogP contribution in [0.25, 0.3) is 0 Å². The highest BCUT2D eigenvalue weighted by Gasteiger charge is 2.31. The van der Waals surface area contributed by atoms with Crippen LogP contribution in [0.3, 0.4) is 0 Å². The molecule has 1 aromatic carbocycles. The quantitative estimate of drug-likeness (QED) is 0.898. The van der Waals surface area contributed by atoms with Crippen LogP contribution < -0.4 is 20.3 Å². The summed E-state index contributed by atoms with van der Waals surface area (Å²) in [7, 11) is 1.58. The summed E-state index contributed by atoms with van der Waals surface area (Å²) in [5.41, 5.74) is 0.763. The van der Waals surface area contributed by atoms with Gasteiger partial charge in [0.15, 0.2) is 5.13 Å². The summed E-state index contributed by atoms with van der Waals surface area (Å²) in [6, 6.07) is 6.70. The first kappa shape index (κ1) is 15.3. The fourth-order valence-corrected chi connectivity index (χ4v) is 2.96. The van der Waals surface area contributed by atoms with Gasteiger partial charge in [-0.15, -0.1) is 11.3 Å². The number of carbonyl (C=O) groups is 2. The first-order valence-corrected chi connectivity index (χ1v) is 7.95. The van der Waals surface area contributed by atoms with Crippen molar-refractivity contribution in [3.63, 3.8) is 0 Å². The fraction of sp³-hybridized carbons (Fsp3) is 0.267. The Morgan fingerprint density at radius 2 is 2.35 bits per heavy atom. The molecular weight excluding hydrogens is 316 g/mol. The van der Waals surface area contributed by atoms with Crippen LogP contribution in [0.1, 0.15) is 6.42 Å². The molecule has 1 fully saturated rings. The Labute approximate surface area is 137 Å². The van der Waals surface area contributed by atoms with Crippen LogP contribution >= 0.6 is 11.3 Å². The molecule has 1 atom stereocenters. The highest BCUT2D eigenvalue weighted by molar-refractivity contribution is 7.13. The maximum atomic E-state index is 12.2. The largest absolute Gasteiger partial charge is 0.497 e. The van der Waals surface area contributed by atoms with E-state index in [9.17, 15) is 9.59 Å². The molecule has 1 aromatic heterocycles. The van der Waals surface area contributed by atoms with Crippen LogP contribution in [0.4, 0.5) is 15.6 Å². The van der Waals surface area contributed by atoms with Gasteiger partial charge >= 0.3 is 6.03 Å². The number of benzene rings is 1. The number of thiazole rings is 1. The lowest BCUT2D eigenvalue weighted by Gasteiger charge is -2.18. The summed E-state index contributed by atoms with van der Waals surface area (Å²) in [5.74, 6) is 0.658. The second-order valence-electron chi connectivity index (χ2n) is 5.04. The third kappa shape index (κ3) is 3.59. The lowest BCUT2D eigenvalue weighted by molar-refractivity contribution is -0.117. The molecule has 1 aliphatic heterocycles. The van der Waals surface area contributed by atoms with Gasteiger partial charge in [0.2, 0.25) is 5.91 Å². The predicted octanol–water partition coefficient (Wildman–Crippen LogP) is 2.08. The number of urea groups is 1. The normalized spacial score (nSPS) is 17.2. The number of anilines is 2. The number of hydrogen-bond donors (Lipinski definition) is 2. The van der Waals surface area contributed by atoms with E-state index in [0.29, 0.717) is 17.4 Å². The summed E-state index contributed by atoms with van der Waals surface area (Å²) >= 11 is 1.34. The van der Waals surface area contributed by atoms with Crippen LogP contribution in [-0.2, 0) is 4.79 Å². The number of nitrogens with zero attached hydrogens (tertiary/aromatic N) is 2. The Bertz CT molecular complexity index is 705. The van der Waals surface area contributed by atoms with Gasteiger partial charge in [0.1, 0.15) is 5.75 Å². The topological polar surface area (TPSA) is 83.6 Å². The molecule has 0 spiro atoms. The molecule has 0 radical (unpaired) electrons. The average Bonchev–Trinajstić information content (AvgIpc) is 3.17. The second-order valence-corrected chi connectivity index (χ2v) is 5.94. The van der Waals surface area contributed by atoms with Gasteiger partial charge in [-0.2, -0.15) is 0 Å². The molecule has 1 saturated heterocycles. The molecule has 23 heavy (non-hydrogen) atoms. The molecule has 1 aliphatic rings. The molecule has 7 nitrogen and oxygen atoms in total. The van der Waals surface area contributed by atoms with Crippen molar-refractivity contribution in [3.05, 3.63) is 35.8 Å². The van der Waals surface area contributed by atoms with E-state index in [1.807, 2.05) is 18.2 Å². The van der Waals surface area contributed by atoms with Crippen LogP contribution in [0.15, 0.2) is 35.8 Å². The van der Waals surface area contributed by atoms with Crippen molar-refractivity contribution < 1.29 is 14.3 Å². The Balaban J connectivity index is 1.61. The van der Waals surface area contributed by atoms with Gasteiger partial charge in [0.25, 0.3) is 0 Å². The molecular formula is C15H16N4O3S. The van der Waals surface area contributed by atoms with Crippen molar-refractivity contribution >= 4 is 34.1 Å². The molecule has 0 unspecified atom stereocenters. The van der Waals surface area contributed by atoms with Gasteiger partial charge in [0.05, 0.1) is 13.2 Å². The monoisotopic (exact) mass is 332 g/mol. The summed E-state index contributed by atoms with van der Waals surface area (Å²) in [4.78, 5) is 29.7. The Hall–Kier alpha value is -2.61. The van der Waals surface area contributed by atoms with Crippen LogP contribution in [0.2, 0.25) is 0 Å². The minimum absolute atomic E-state index is 0.0298. The number of rotatable bonds is 4. The third-order valence-corrected chi connectivity index (χ3v) is 4.17. The van der Waals surface area contributed by atoms with Gasteiger partial charge in [-0.05, 0) is 12.1 Å². The predicted molar refractivity (Wildman–Crippen MR) is 88.0 cm³/mol. The number of amides is 3. The van der Waals surface area contributed by atoms with Crippen molar-refractivity contribution in [1.29, 1.82) is 0 Å². The Morgan fingerprint density at radius 3 is 3.09 bits per heavy atom. The summed E-state index contributed by atoms with van der Waals surface area (Å²) in [6.45, 7) is 0.428. The fourth-order valence-electron chi connectivity index (χ4n) is 2.44. The molecule has 0 bridgehead atoms. The van der Waals surface area contributed by atoms with Crippen molar-refractivity contribution in [3.8, 4) is 5.75 Å². The maximum Gasteiger partial charge on any atom is 0.321 e. The first-order valence-electron chi connectivity index (χ1n) is 7.07. The van der Waals surface area contributed by atoms with Crippen LogP contribution in [0.5, 0.6) is 5.75 Å². The molecule has 3 amide bonds. The number of nitrogens with one attached hydrogen (secondary N) is 2. The van der Waals surface area contributed by atoms with Crippen LogP contribution in [0, 0.1) is 0 Å². The van der Waals surface area contributed by atoms with Crippen LogP contribution in [-0.4, -0.2) is 36.6 Å². The summed E-state index contributed by atoms with van der Waals surface area (Å²) in [5, 5.41) is 7.74. The van der Waals surface area contributed by atoms with Gasteiger partial charge in [-0.25, -0.2) is 9.78 Å².